The Kier molecular flexibility index (Phi) is 3.74. The molecule has 0 N–H and O–H groups in total. The van der Waals surface area contributed by atoms with Crippen LogP contribution in [0.5, 0.6) is 0 Å². The van der Waals surface area contributed by atoms with Gasteiger partial charge < -0.3 is 9.47 Å². The number of carbonyl (C=O) groups is 1. The molecule has 0 aromatic carbocycles. The normalized spacial score (nSPS) is 22.9. The predicted octanol–water partition coefficient (Wildman–Crippen LogP) is 1.89. The summed E-state index contributed by atoms with van der Waals surface area (Å²) in [5.41, 5.74) is 2.04. The van der Waals surface area contributed by atoms with Crippen LogP contribution in [-0.4, -0.2) is 24.7 Å². The van der Waals surface area contributed by atoms with Gasteiger partial charge in [0, 0.05) is 13.3 Å². The Labute approximate surface area is 101 Å². The van der Waals surface area contributed by atoms with E-state index in [0.717, 1.165) is 11.3 Å². The van der Waals surface area contributed by atoms with E-state index in [1.54, 1.807) is 13.3 Å². The summed E-state index contributed by atoms with van der Waals surface area (Å²) >= 11 is 0. The molecular formula is C13H17NO3. The average molecular weight is 235 g/mol. The molecule has 2 rings (SSSR count). The summed E-state index contributed by atoms with van der Waals surface area (Å²) in [7, 11) is 1.65. The first-order chi connectivity index (χ1) is 8.26. The number of nitrogens with zero attached hydrogens (tertiary/aromatic N) is 1. The molecule has 1 aliphatic rings. The summed E-state index contributed by atoms with van der Waals surface area (Å²) in [6.45, 7) is 2.25. The van der Waals surface area contributed by atoms with Crippen LogP contribution in [0.2, 0.25) is 0 Å². The van der Waals surface area contributed by atoms with Gasteiger partial charge in [0.2, 0.25) is 0 Å². The van der Waals surface area contributed by atoms with E-state index in [4.69, 9.17) is 9.47 Å². The third-order valence-corrected chi connectivity index (χ3v) is 3.10. The molecule has 0 fully saturated rings. The van der Waals surface area contributed by atoms with E-state index >= 15 is 0 Å². The van der Waals surface area contributed by atoms with E-state index < -0.39 is 0 Å². The van der Waals surface area contributed by atoms with Gasteiger partial charge in [0.1, 0.15) is 6.10 Å². The lowest BCUT2D eigenvalue weighted by molar-refractivity contribution is -0.149. The van der Waals surface area contributed by atoms with Gasteiger partial charge in [-0.25, -0.2) is 0 Å². The molecular weight excluding hydrogens is 218 g/mol. The Morgan fingerprint density at radius 1 is 1.59 bits per heavy atom. The van der Waals surface area contributed by atoms with Gasteiger partial charge in [-0.05, 0) is 31.4 Å². The van der Waals surface area contributed by atoms with Gasteiger partial charge in [-0.1, -0.05) is 6.07 Å². The third-order valence-electron chi connectivity index (χ3n) is 3.10. The van der Waals surface area contributed by atoms with Crippen molar-refractivity contribution in [3.8, 4) is 0 Å². The Bertz CT molecular complexity index is 405. The van der Waals surface area contributed by atoms with Crippen molar-refractivity contribution >= 4 is 5.97 Å². The van der Waals surface area contributed by atoms with Crippen LogP contribution in [0.4, 0.5) is 0 Å². The van der Waals surface area contributed by atoms with Crippen LogP contribution in [0.1, 0.15) is 30.7 Å². The smallest absolute Gasteiger partial charge is 0.309 e. The summed E-state index contributed by atoms with van der Waals surface area (Å²) in [4.78, 5) is 16.1. The van der Waals surface area contributed by atoms with Crippen LogP contribution in [0.25, 0.3) is 0 Å². The van der Waals surface area contributed by atoms with Crippen molar-refractivity contribution in [1.29, 1.82) is 0 Å². The number of esters is 1. The van der Waals surface area contributed by atoms with Crippen LogP contribution < -0.4 is 0 Å². The molecule has 0 saturated heterocycles. The van der Waals surface area contributed by atoms with E-state index in [9.17, 15) is 4.79 Å². The van der Waals surface area contributed by atoms with E-state index in [-0.39, 0.29) is 18.0 Å². The van der Waals surface area contributed by atoms with Gasteiger partial charge in [-0.2, -0.15) is 0 Å². The minimum atomic E-state index is -0.135. The Balaban J connectivity index is 2.21. The second-order valence-corrected chi connectivity index (χ2v) is 4.16. The quantitative estimate of drug-likeness (QED) is 0.751. The summed E-state index contributed by atoms with van der Waals surface area (Å²) in [6.07, 6.45) is 3.01. The lowest BCUT2D eigenvalue weighted by Crippen LogP contribution is -2.28. The fraction of sp³-hybridized carbons (Fsp3) is 0.538. The molecule has 1 aromatic heterocycles. The van der Waals surface area contributed by atoms with Gasteiger partial charge in [0.15, 0.2) is 0 Å². The molecule has 0 aliphatic heterocycles. The van der Waals surface area contributed by atoms with Crippen LogP contribution >= 0.6 is 0 Å². The molecule has 92 valence electrons. The maximum absolute atomic E-state index is 11.8. The minimum Gasteiger partial charge on any atom is -0.466 e. The minimum absolute atomic E-state index is 0.102. The molecule has 0 spiro atoms. The van der Waals surface area contributed by atoms with Crippen molar-refractivity contribution in [2.45, 2.75) is 25.9 Å². The van der Waals surface area contributed by atoms with Crippen molar-refractivity contribution in [3.63, 3.8) is 0 Å². The standard InChI is InChI=1S/C13H17NO3/c1-3-17-13(15)10-7-9-5-4-6-14-12(9)11(8-10)16-2/h4-6,10-11H,3,7-8H2,1-2H3. The number of ether oxygens (including phenoxy) is 2. The molecule has 1 heterocycles. The van der Waals surface area contributed by atoms with Gasteiger partial charge in [-0.3, -0.25) is 9.78 Å². The van der Waals surface area contributed by atoms with Crippen LogP contribution in [0.15, 0.2) is 18.3 Å². The first kappa shape index (κ1) is 12.0. The lowest BCUT2D eigenvalue weighted by Gasteiger charge is -2.28. The van der Waals surface area contributed by atoms with Crippen molar-refractivity contribution < 1.29 is 14.3 Å². The number of rotatable bonds is 3. The van der Waals surface area contributed by atoms with Gasteiger partial charge >= 0.3 is 5.97 Å². The zero-order valence-electron chi connectivity index (χ0n) is 10.2. The summed E-state index contributed by atoms with van der Waals surface area (Å²) in [5.74, 6) is -0.249. The molecule has 2 atom stereocenters. The van der Waals surface area contributed by atoms with E-state index in [1.807, 2.05) is 19.1 Å². The maximum atomic E-state index is 11.8. The van der Waals surface area contributed by atoms with Crippen molar-refractivity contribution in [2.24, 2.45) is 5.92 Å². The zero-order valence-corrected chi connectivity index (χ0v) is 10.2. The molecule has 17 heavy (non-hydrogen) atoms. The fourth-order valence-corrected chi connectivity index (χ4v) is 2.28. The topological polar surface area (TPSA) is 48.4 Å². The van der Waals surface area contributed by atoms with Gasteiger partial charge in [0.25, 0.3) is 0 Å². The Hall–Kier alpha value is -1.42. The first-order valence-electron chi connectivity index (χ1n) is 5.89. The number of aromatic nitrogens is 1. The summed E-state index contributed by atoms with van der Waals surface area (Å²) < 4.78 is 10.5. The number of hydrogen-bond acceptors (Lipinski definition) is 4. The Morgan fingerprint density at radius 3 is 3.12 bits per heavy atom. The number of carbonyl (C=O) groups excluding carboxylic acids is 1. The molecule has 0 radical (unpaired) electrons. The molecule has 2 unspecified atom stereocenters. The first-order valence-corrected chi connectivity index (χ1v) is 5.89. The molecule has 0 bridgehead atoms. The molecule has 0 saturated carbocycles. The van der Waals surface area contributed by atoms with E-state index in [0.29, 0.717) is 19.4 Å². The SMILES string of the molecule is CCOC(=O)C1Cc2cccnc2C(OC)C1. The second-order valence-electron chi connectivity index (χ2n) is 4.16. The summed E-state index contributed by atoms with van der Waals surface area (Å²) in [5, 5.41) is 0. The number of fused-ring (bicyclic) bond motifs is 1. The zero-order chi connectivity index (χ0) is 12.3. The largest absolute Gasteiger partial charge is 0.466 e. The van der Waals surface area contributed by atoms with Crippen LogP contribution in [0, 0.1) is 5.92 Å². The highest BCUT2D eigenvalue weighted by Gasteiger charge is 2.32. The molecule has 4 heteroatoms. The molecule has 4 nitrogen and oxygen atoms in total. The highest BCUT2D eigenvalue weighted by molar-refractivity contribution is 5.73. The third kappa shape index (κ3) is 2.47. The molecule has 1 aromatic rings. The summed E-state index contributed by atoms with van der Waals surface area (Å²) in [6, 6.07) is 3.89. The van der Waals surface area contributed by atoms with E-state index in [1.165, 1.54) is 0 Å². The second kappa shape index (κ2) is 5.27. The molecule has 1 aliphatic carbocycles. The number of hydrogen-bond donors (Lipinski definition) is 0. The van der Waals surface area contributed by atoms with Crippen molar-refractivity contribution in [3.05, 3.63) is 29.6 Å². The Morgan fingerprint density at radius 2 is 2.41 bits per heavy atom. The fourth-order valence-electron chi connectivity index (χ4n) is 2.28. The lowest BCUT2D eigenvalue weighted by atomic mass is 9.85. The average Bonchev–Trinajstić information content (AvgIpc) is 2.37. The highest BCUT2D eigenvalue weighted by Crippen LogP contribution is 2.34. The monoisotopic (exact) mass is 235 g/mol. The molecule has 0 amide bonds. The predicted molar refractivity (Wildman–Crippen MR) is 62.4 cm³/mol. The van der Waals surface area contributed by atoms with E-state index in [2.05, 4.69) is 4.98 Å². The van der Waals surface area contributed by atoms with Crippen LogP contribution in [-0.2, 0) is 20.7 Å². The van der Waals surface area contributed by atoms with Crippen molar-refractivity contribution in [2.75, 3.05) is 13.7 Å². The van der Waals surface area contributed by atoms with Gasteiger partial charge in [0.05, 0.1) is 18.2 Å². The van der Waals surface area contributed by atoms with Crippen molar-refractivity contribution in [1.82, 2.24) is 4.98 Å². The number of pyridine rings is 1. The van der Waals surface area contributed by atoms with Crippen LogP contribution in [0.3, 0.4) is 0 Å². The van der Waals surface area contributed by atoms with Gasteiger partial charge in [-0.15, -0.1) is 0 Å². The maximum Gasteiger partial charge on any atom is 0.309 e. The highest BCUT2D eigenvalue weighted by atomic mass is 16.5. The number of methoxy groups -OCH3 is 1.